The van der Waals surface area contributed by atoms with Gasteiger partial charge in [0.25, 0.3) is 0 Å². The molecule has 5 rings (SSSR count). The standard InChI is InChI=1S/C26H31N5O/c1-30-12-14-31(15-13-30)18-20-4-8-22(9-5-20)21-6-2-19(3-7-21)16-26(32)27-25-17-24(28-29-25)23-10-11-23/h2-9,17,23H,10-16,18H2,1H3,(H2,27,28,29,32). The van der Waals surface area contributed by atoms with Crippen molar-refractivity contribution in [2.75, 3.05) is 38.5 Å². The molecular weight excluding hydrogens is 398 g/mol. The zero-order valence-corrected chi connectivity index (χ0v) is 18.7. The predicted molar refractivity (Wildman–Crippen MR) is 128 cm³/mol. The van der Waals surface area contributed by atoms with Crippen LogP contribution in [0, 0.1) is 0 Å². The third kappa shape index (κ3) is 5.26. The van der Waals surface area contributed by atoms with Crippen molar-refractivity contribution in [1.82, 2.24) is 20.0 Å². The Morgan fingerprint density at radius 2 is 1.59 bits per heavy atom. The second kappa shape index (κ2) is 9.27. The summed E-state index contributed by atoms with van der Waals surface area (Å²) in [5.74, 6) is 1.17. The van der Waals surface area contributed by atoms with Crippen molar-refractivity contribution >= 4 is 11.7 Å². The van der Waals surface area contributed by atoms with E-state index in [9.17, 15) is 4.79 Å². The number of piperazine rings is 1. The molecule has 2 N–H and O–H groups in total. The van der Waals surface area contributed by atoms with Gasteiger partial charge in [-0.25, -0.2) is 0 Å². The van der Waals surface area contributed by atoms with Crippen LogP contribution in [-0.4, -0.2) is 59.1 Å². The summed E-state index contributed by atoms with van der Waals surface area (Å²) < 4.78 is 0. The van der Waals surface area contributed by atoms with Crippen LogP contribution >= 0.6 is 0 Å². The molecule has 2 aromatic carbocycles. The molecule has 0 bridgehead atoms. The van der Waals surface area contributed by atoms with Gasteiger partial charge in [0.15, 0.2) is 5.82 Å². The van der Waals surface area contributed by atoms with Gasteiger partial charge in [-0.1, -0.05) is 48.5 Å². The van der Waals surface area contributed by atoms with Gasteiger partial charge in [0.1, 0.15) is 0 Å². The number of likely N-dealkylation sites (N-methyl/N-ethyl adjacent to an activating group) is 1. The van der Waals surface area contributed by atoms with E-state index in [0.717, 1.165) is 44.0 Å². The smallest absolute Gasteiger partial charge is 0.229 e. The van der Waals surface area contributed by atoms with Crippen molar-refractivity contribution in [3.05, 3.63) is 71.4 Å². The highest BCUT2D eigenvalue weighted by Gasteiger charge is 2.25. The second-order valence-electron chi connectivity index (χ2n) is 9.18. The average molecular weight is 430 g/mol. The van der Waals surface area contributed by atoms with Crippen molar-refractivity contribution in [2.45, 2.75) is 31.7 Å². The van der Waals surface area contributed by atoms with Gasteiger partial charge in [0.2, 0.25) is 5.91 Å². The van der Waals surface area contributed by atoms with Crippen LogP contribution in [0.5, 0.6) is 0 Å². The lowest BCUT2D eigenvalue weighted by Crippen LogP contribution is -2.43. The maximum Gasteiger partial charge on any atom is 0.229 e. The van der Waals surface area contributed by atoms with Crippen molar-refractivity contribution in [3.8, 4) is 11.1 Å². The van der Waals surface area contributed by atoms with Crippen LogP contribution in [0.1, 0.15) is 35.6 Å². The Morgan fingerprint density at radius 3 is 2.22 bits per heavy atom. The summed E-state index contributed by atoms with van der Waals surface area (Å²) in [6.07, 6.45) is 2.76. The van der Waals surface area contributed by atoms with E-state index in [2.05, 4.69) is 68.8 Å². The molecule has 1 amide bonds. The lowest BCUT2D eigenvalue weighted by atomic mass is 10.0. The van der Waals surface area contributed by atoms with E-state index in [4.69, 9.17) is 0 Å². The zero-order valence-electron chi connectivity index (χ0n) is 18.7. The van der Waals surface area contributed by atoms with E-state index in [1.165, 1.54) is 29.5 Å². The molecule has 6 nitrogen and oxygen atoms in total. The van der Waals surface area contributed by atoms with E-state index in [1.807, 2.05) is 18.2 Å². The number of aromatic nitrogens is 2. The quantitative estimate of drug-likeness (QED) is 0.598. The van der Waals surface area contributed by atoms with Crippen molar-refractivity contribution in [2.24, 2.45) is 0 Å². The molecule has 2 aliphatic rings. The molecule has 1 saturated heterocycles. The van der Waals surface area contributed by atoms with Gasteiger partial charge >= 0.3 is 0 Å². The topological polar surface area (TPSA) is 64.3 Å². The minimum atomic E-state index is -0.0418. The molecule has 0 radical (unpaired) electrons. The molecule has 166 valence electrons. The van der Waals surface area contributed by atoms with E-state index in [0.29, 0.717) is 18.2 Å². The molecule has 6 heteroatoms. The van der Waals surface area contributed by atoms with Gasteiger partial charge in [-0.3, -0.25) is 14.8 Å². The summed E-state index contributed by atoms with van der Waals surface area (Å²) in [4.78, 5) is 17.3. The SMILES string of the molecule is CN1CCN(Cc2ccc(-c3ccc(CC(=O)Nc4cc(C5CC5)[nH]n4)cc3)cc2)CC1. The first-order chi connectivity index (χ1) is 15.6. The summed E-state index contributed by atoms with van der Waals surface area (Å²) in [5.41, 5.74) is 5.85. The summed E-state index contributed by atoms with van der Waals surface area (Å²) in [7, 11) is 2.19. The molecule has 2 fully saturated rings. The summed E-state index contributed by atoms with van der Waals surface area (Å²) in [5, 5.41) is 10.1. The number of anilines is 1. The highest BCUT2D eigenvalue weighted by molar-refractivity contribution is 5.91. The average Bonchev–Trinajstić information content (AvgIpc) is 3.56. The van der Waals surface area contributed by atoms with Gasteiger partial charge in [-0.05, 0) is 42.1 Å². The molecule has 1 aliphatic heterocycles. The largest absolute Gasteiger partial charge is 0.309 e. The third-order valence-electron chi connectivity index (χ3n) is 6.49. The van der Waals surface area contributed by atoms with E-state index in [-0.39, 0.29) is 5.91 Å². The molecule has 3 aromatic rings. The zero-order chi connectivity index (χ0) is 21.9. The van der Waals surface area contributed by atoms with Crippen LogP contribution in [0.3, 0.4) is 0 Å². The van der Waals surface area contributed by atoms with Gasteiger partial charge in [0.05, 0.1) is 6.42 Å². The molecule has 2 heterocycles. The first-order valence-electron chi connectivity index (χ1n) is 11.6. The number of nitrogens with one attached hydrogen (secondary N) is 2. The minimum Gasteiger partial charge on any atom is -0.309 e. The Labute approximate surface area is 189 Å². The molecule has 0 unspecified atom stereocenters. The van der Waals surface area contributed by atoms with Crippen LogP contribution in [0.15, 0.2) is 54.6 Å². The van der Waals surface area contributed by atoms with Crippen LogP contribution in [0.4, 0.5) is 5.82 Å². The fourth-order valence-corrected chi connectivity index (χ4v) is 4.26. The minimum absolute atomic E-state index is 0.0418. The summed E-state index contributed by atoms with van der Waals surface area (Å²) >= 11 is 0. The van der Waals surface area contributed by atoms with Gasteiger partial charge in [0, 0.05) is 50.4 Å². The van der Waals surface area contributed by atoms with Gasteiger partial charge in [-0.2, -0.15) is 5.10 Å². The number of benzene rings is 2. The maximum absolute atomic E-state index is 12.4. The molecule has 1 saturated carbocycles. The number of rotatable bonds is 7. The molecule has 1 aliphatic carbocycles. The normalized spacial score (nSPS) is 17.4. The maximum atomic E-state index is 12.4. The van der Waals surface area contributed by atoms with Gasteiger partial charge in [-0.15, -0.1) is 0 Å². The van der Waals surface area contributed by atoms with E-state index < -0.39 is 0 Å². The van der Waals surface area contributed by atoms with Crippen molar-refractivity contribution in [3.63, 3.8) is 0 Å². The van der Waals surface area contributed by atoms with Crippen LogP contribution in [0.2, 0.25) is 0 Å². The van der Waals surface area contributed by atoms with Crippen LogP contribution in [0.25, 0.3) is 11.1 Å². The number of H-pyrrole nitrogens is 1. The Kier molecular flexibility index (Phi) is 6.06. The Morgan fingerprint density at radius 1 is 0.969 bits per heavy atom. The predicted octanol–water partition coefficient (Wildman–Crippen LogP) is 3.88. The monoisotopic (exact) mass is 429 g/mol. The summed E-state index contributed by atoms with van der Waals surface area (Å²) in [6, 6.07) is 19.1. The third-order valence-corrected chi connectivity index (χ3v) is 6.49. The Bertz CT molecular complexity index is 1040. The second-order valence-corrected chi connectivity index (χ2v) is 9.18. The number of nitrogens with zero attached hydrogens (tertiary/aromatic N) is 3. The summed E-state index contributed by atoms with van der Waals surface area (Å²) in [6.45, 7) is 5.57. The molecule has 0 spiro atoms. The number of hydrogen-bond acceptors (Lipinski definition) is 4. The Hall–Kier alpha value is -2.96. The lowest BCUT2D eigenvalue weighted by molar-refractivity contribution is -0.115. The molecule has 0 atom stereocenters. The number of amides is 1. The molecule has 1 aromatic heterocycles. The fraction of sp³-hybridized carbons (Fsp3) is 0.385. The lowest BCUT2D eigenvalue weighted by Gasteiger charge is -2.32. The number of aromatic amines is 1. The van der Waals surface area contributed by atoms with Crippen molar-refractivity contribution in [1.29, 1.82) is 0 Å². The highest BCUT2D eigenvalue weighted by Crippen LogP contribution is 2.39. The number of carbonyl (C=O) groups excluding carboxylic acids is 1. The molecule has 32 heavy (non-hydrogen) atoms. The first-order valence-corrected chi connectivity index (χ1v) is 11.6. The van der Waals surface area contributed by atoms with E-state index >= 15 is 0 Å². The number of carbonyl (C=O) groups is 1. The Balaban J connectivity index is 1.14. The first kappa shape index (κ1) is 20.9. The van der Waals surface area contributed by atoms with Crippen LogP contribution in [-0.2, 0) is 17.8 Å². The van der Waals surface area contributed by atoms with Crippen molar-refractivity contribution < 1.29 is 4.79 Å². The highest BCUT2D eigenvalue weighted by atomic mass is 16.1. The van der Waals surface area contributed by atoms with Crippen LogP contribution < -0.4 is 5.32 Å². The van der Waals surface area contributed by atoms with E-state index in [1.54, 1.807) is 0 Å². The fourth-order valence-electron chi connectivity index (χ4n) is 4.26. The molecular formula is C26H31N5O. The van der Waals surface area contributed by atoms with Gasteiger partial charge < -0.3 is 10.2 Å². The number of hydrogen-bond donors (Lipinski definition) is 2.